The molecule has 0 radical (unpaired) electrons. The van der Waals surface area contributed by atoms with Gasteiger partial charge in [-0.3, -0.25) is 9.59 Å². The molecule has 0 spiro atoms. The molecule has 2 amide bonds. The Morgan fingerprint density at radius 2 is 2.04 bits per heavy atom. The van der Waals surface area contributed by atoms with Gasteiger partial charge in [-0.1, -0.05) is 18.2 Å². The highest BCUT2D eigenvalue weighted by atomic mass is 32.2. The van der Waals surface area contributed by atoms with Crippen LogP contribution < -0.4 is 10.6 Å². The van der Waals surface area contributed by atoms with Crippen molar-refractivity contribution in [1.29, 1.82) is 0 Å². The Labute approximate surface area is 151 Å². The first kappa shape index (κ1) is 20.1. The Bertz CT molecular complexity index is 689. The Morgan fingerprint density at radius 3 is 2.62 bits per heavy atom. The van der Waals surface area contributed by atoms with Gasteiger partial charge in [0.15, 0.2) is 0 Å². The van der Waals surface area contributed by atoms with E-state index in [9.17, 15) is 27.6 Å². The number of halogens is 3. The van der Waals surface area contributed by atoms with Crippen molar-refractivity contribution in [2.45, 2.75) is 36.6 Å². The van der Waals surface area contributed by atoms with E-state index in [1.165, 1.54) is 12.1 Å². The SMILES string of the molecule is O=C(O)C(CC(F)F)NC(=O)C1CSC(Cc2ccccc2F)C(=O)N1. The molecule has 1 aliphatic heterocycles. The number of carboxylic acids is 1. The summed E-state index contributed by atoms with van der Waals surface area (Å²) in [5, 5.41) is 12.7. The molecule has 2 rings (SSSR count). The first-order chi connectivity index (χ1) is 12.3. The number of nitrogens with one attached hydrogen (secondary N) is 2. The first-order valence-corrected chi connectivity index (χ1v) is 8.79. The molecule has 0 bridgehead atoms. The largest absolute Gasteiger partial charge is 0.480 e. The van der Waals surface area contributed by atoms with Gasteiger partial charge in [0.05, 0.1) is 5.25 Å². The van der Waals surface area contributed by atoms with Crippen LogP contribution in [0.25, 0.3) is 0 Å². The third-order valence-electron chi connectivity index (χ3n) is 3.78. The van der Waals surface area contributed by atoms with Crippen molar-refractivity contribution in [3.63, 3.8) is 0 Å². The van der Waals surface area contributed by atoms with Gasteiger partial charge in [0, 0.05) is 12.2 Å². The molecule has 0 aromatic heterocycles. The number of hydrogen-bond donors (Lipinski definition) is 3. The second-order valence-corrected chi connectivity index (χ2v) is 6.94. The zero-order chi connectivity index (χ0) is 19.3. The summed E-state index contributed by atoms with van der Waals surface area (Å²) in [4.78, 5) is 35.1. The van der Waals surface area contributed by atoms with Crippen LogP contribution in [0.1, 0.15) is 12.0 Å². The number of carboxylic acid groups (broad SMARTS) is 1. The van der Waals surface area contributed by atoms with E-state index in [2.05, 4.69) is 5.32 Å². The van der Waals surface area contributed by atoms with Gasteiger partial charge in [0.2, 0.25) is 18.2 Å². The fourth-order valence-electron chi connectivity index (χ4n) is 2.42. The van der Waals surface area contributed by atoms with Gasteiger partial charge in [-0.15, -0.1) is 11.8 Å². The van der Waals surface area contributed by atoms with Crippen molar-refractivity contribution in [1.82, 2.24) is 10.6 Å². The van der Waals surface area contributed by atoms with Gasteiger partial charge in [-0.2, -0.15) is 0 Å². The van der Waals surface area contributed by atoms with E-state index >= 15 is 0 Å². The van der Waals surface area contributed by atoms with Gasteiger partial charge in [-0.05, 0) is 18.1 Å². The minimum Gasteiger partial charge on any atom is -0.480 e. The van der Waals surface area contributed by atoms with Crippen LogP contribution in [0.3, 0.4) is 0 Å². The summed E-state index contributed by atoms with van der Waals surface area (Å²) in [5.41, 5.74) is 0.367. The van der Waals surface area contributed by atoms with Gasteiger partial charge < -0.3 is 15.7 Å². The van der Waals surface area contributed by atoms with Gasteiger partial charge >= 0.3 is 5.97 Å². The quantitative estimate of drug-likeness (QED) is 0.650. The van der Waals surface area contributed by atoms with Crippen LogP contribution in [0.2, 0.25) is 0 Å². The van der Waals surface area contributed by atoms with Gasteiger partial charge in [0.1, 0.15) is 17.9 Å². The predicted octanol–water partition coefficient (Wildman–Crippen LogP) is 1.19. The number of amides is 2. The standard InChI is InChI=1S/C16H17F3N2O4S/c17-9-4-2-1-3-8(9)5-12-15(23)21-11(7-26-12)14(22)20-10(16(24)25)6-13(18)19/h1-4,10-13H,5-7H2,(H,20,22)(H,21,23)(H,24,25). The molecule has 1 aromatic rings. The maximum atomic E-state index is 13.7. The molecule has 10 heteroatoms. The number of carbonyl (C=O) groups is 3. The molecular formula is C16H17F3N2O4S. The maximum Gasteiger partial charge on any atom is 0.326 e. The third-order valence-corrected chi connectivity index (χ3v) is 5.09. The monoisotopic (exact) mass is 390 g/mol. The summed E-state index contributed by atoms with van der Waals surface area (Å²) in [6.45, 7) is 0. The van der Waals surface area contributed by atoms with Crippen LogP contribution in [0.5, 0.6) is 0 Å². The van der Waals surface area contributed by atoms with E-state index in [1.54, 1.807) is 12.1 Å². The molecule has 142 valence electrons. The van der Waals surface area contributed by atoms with Crippen LogP contribution >= 0.6 is 11.8 Å². The number of hydrogen-bond acceptors (Lipinski definition) is 4. The Kier molecular flexibility index (Phi) is 6.90. The van der Waals surface area contributed by atoms with Crippen molar-refractivity contribution in [2.24, 2.45) is 0 Å². The lowest BCUT2D eigenvalue weighted by Crippen LogP contribution is -2.57. The molecule has 3 unspecified atom stereocenters. The van der Waals surface area contributed by atoms with Crippen molar-refractivity contribution >= 4 is 29.5 Å². The fourth-order valence-corrected chi connectivity index (χ4v) is 3.60. The van der Waals surface area contributed by atoms with Crippen LogP contribution in [0, 0.1) is 5.82 Å². The van der Waals surface area contributed by atoms with Crippen LogP contribution in [0.4, 0.5) is 13.2 Å². The molecule has 3 atom stereocenters. The molecule has 3 N–H and O–H groups in total. The zero-order valence-electron chi connectivity index (χ0n) is 13.5. The lowest BCUT2D eigenvalue weighted by molar-refractivity contribution is -0.143. The Balaban J connectivity index is 1.93. The summed E-state index contributed by atoms with van der Waals surface area (Å²) in [5.74, 6) is -3.23. The van der Waals surface area contributed by atoms with Gasteiger partial charge in [0.25, 0.3) is 0 Å². The van der Waals surface area contributed by atoms with E-state index in [1.807, 2.05) is 5.32 Å². The van der Waals surface area contributed by atoms with E-state index < -0.39 is 53.8 Å². The highest BCUT2D eigenvalue weighted by molar-refractivity contribution is 8.00. The van der Waals surface area contributed by atoms with Gasteiger partial charge in [-0.25, -0.2) is 18.0 Å². The summed E-state index contributed by atoms with van der Waals surface area (Å²) in [6.07, 6.45) is -3.78. The average molecular weight is 390 g/mol. The topological polar surface area (TPSA) is 95.5 Å². The molecule has 1 aliphatic rings. The average Bonchev–Trinajstić information content (AvgIpc) is 2.57. The van der Waals surface area contributed by atoms with E-state index in [-0.39, 0.29) is 12.2 Å². The molecule has 6 nitrogen and oxygen atoms in total. The molecule has 0 saturated carbocycles. The normalized spacial score (nSPS) is 21.2. The summed E-state index contributed by atoms with van der Waals surface area (Å²) in [6, 6.07) is 3.25. The van der Waals surface area contributed by atoms with Crippen molar-refractivity contribution in [2.75, 3.05) is 5.75 Å². The smallest absolute Gasteiger partial charge is 0.326 e. The van der Waals surface area contributed by atoms with Crippen molar-refractivity contribution < 1.29 is 32.7 Å². The number of aliphatic carboxylic acids is 1. The molecule has 1 fully saturated rings. The van der Waals surface area contributed by atoms with Crippen LogP contribution in [0.15, 0.2) is 24.3 Å². The fraction of sp³-hybridized carbons (Fsp3) is 0.438. The number of alkyl halides is 2. The molecular weight excluding hydrogens is 373 g/mol. The van der Waals surface area contributed by atoms with Crippen molar-refractivity contribution in [3.05, 3.63) is 35.6 Å². The molecule has 0 aliphatic carbocycles. The van der Waals surface area contributed by atoms with E-state index in [0.29, 0.717) is 5.56 Å². The lowest BCUT2D eigenvalue weighted by Gasteiger charge is -2.29. The van der Waals surface area contributed by atoms with E-state index in [4.69, 9.17) is 5.11 Å². The Morgan fingerprint density at radius 1 is 1.35 bits per heavy atom. The second kappa shape index (κ2) is 8.93. The predicted molar refractivity (Wildman–Crippen MR) is 88.5 cm³/mol. The van der Waals surface area contributed by atoms with Crippen molar-refractivity contribution in [3.8, 4) is 0 Å². The summed E-state index contributed by atoms with van der Waals surface area (Å²) < 4.78 is 38.4. The molecule has 1 heterocycles. The lowest BCUT2D eigenvalue weighted by atomic mass is 10.1. The molecule has 1 saturated heterocycles. The minimum absolute atomic E-state index is 0.123. The first-order valence-electron chi connectivity index (χ1n) is 7.74. The maximum absolute atomic E-state index is 13.7. The molecule has 26 heavy (non-hydrogen) atoms. The Hall–Kier alpha value is -2.23. The highest BCUT2D eigenvalue weighted by Crippen LogP contribution is 2.23. The third kappa shape index (κ3) is 5.38. The summed E-state index contributed by atoms with van der Waals surface area (Å²) >= 11 is 1.13. The highest BCUT2D eigenvalue weighted by Gasteiger charge is 2.34. The zero-order valence-corrected chi connectivity index (χ0v) is 14.3. The van der Waals surface area contributed by atoms with E-state index in [0.717, 1.165) is 11.8 Å². The number of thioether (sulfide) groups is 1. The summed E-state index contributed by atoms with van der Waals surface area (Å²) in [7, 11) is 0. The van der Waals surface area contributed by atoms with Crippen LogP contribution in [-0.4, -0.2) is 52.4 Å². The number of rotatable bonds is 7. The molecule has 1 aromatic carbocycles. The minimum atomic E-state index is -2.89. The van der Waals surface area contributed by atoms with Crippen LogP contribution in [-0.2, 0) is 20.8 Å². The number of carbonyl (C=O) groups excluding carboxylic acids is 2. The number of benzene rings is 1. The second-order valence-electron chi connectivity index (χ2n) is 5.70.